The summed E-state index contributed by atoms with van der Waals surface area (Å²) in [5, 5.41) is 3.18. The fourth-order valence-electron chi connectivity index (χ4n) is 4.09. The third kappa shape index (κ3) is 8.79. The van der Waals surface area contributed by atoms with Gasteiger partial charge in [-0.15, -0.1) is 0 Å². The normalized spacial score (nSPS) is 13.8. The summed E-state index contributed by atoms with van der Waals surface area (Å²) in [6.07, 6.45) is -3.86. The zero-order chi connectivity index (χ0) is 29.4. The third-order valence-electron chi connectivity index (χ3n) is 6.13. The predicted octanol–water partition coefficient (Wildman–Crippen LogP) is 6.60. The molecule has 0 aliphatic carbocycles. The topological polar surface area (TPSA) is 85.4 Å². The van der Waals surface area contributed by atoms with E-state index in [1.54, 1.807) is 54.9 Å². The molecule has 11 heteroatoms. The molecule has 0 fully saturated rings. The SMILES string of the molecule is CC(C)[C@H](CC(=O)[C@@H](NC(=O)[C@H](Cc1cccnc1)Oc1cc(Cl)cc(Cl)c1)c1ccccc1)C(=O)C(F)(F)F. The van der Waals surface area contributed by atoms with Crippen molar-refractivity contribution in [1.82, 2.24) is 10.3 Å². The Hall–Kier alpha value is -3.43. The quantitative estimate of drug-likeness (QED) is 0.255. The molecular weight excluding hydrogens is 568 g/mol. The monoisotopic (exact) mass is 594 g/mol. The van der Waals surface area contributed by atoms with Gasteiger partial charge in [0.2, 0.25) is 5.78 Å². The van der Waals surface area contributed by atoms with Gasteiger partial charge in [0.25, 0.3) is 5.91 Å². The molecule has 0 aliphatic heterocycles. The molecule has 212 valence electrons. The molecule has 40 heavy (non-hydrogen) atoms. The van der Waals surface area contributed by atoms with Crippen molar-refractivity contribution in [3.05, 3.63) is 94.2 Å². The molecule has 0 spiro atoms. The van der Waals surface area contributed by atoms with Gasteiger partial charge in [0.1, 0.15) is 11.8 Å². The van der Waals surface area contributed by atoms with E-state index in [1.807, 2.05) is 0 Å². The zero-order valence-electron chi connectivity index (χ0n) is 21.6. The van der Waals surface area contributed by atoms with Crippen molar-refractivity contribution >= 4 is 40.7 Å². The molecule has 1 heterocycles. The minimum Gasteiger partial charge on any atom is -0.480 e. The van der Waals surface area contributed by atoms with Crippen molar-refractivity contribution in [2.75, 3.05) is 0 Å². The van der Waals surface area contributed by atoms with Crippen molar-refractivity contribution in [1.29, 1.82) is 0 Å². The van der Waals surface area contributed by atoms with Crippen LogP contribution in [0.2, 0.25) is 10.0 Å². The van der Waals surface area contributed by atoms with Gasteiger partial charge < -0.3 is 10.1 Å². The summed E-state index contributed by atoms with van der Waals surface area (Å²) in [4.78, 5) is 43.2. The summed E-state index contributed by atoms with van der Waals surface area (Å²) in [7, 11) is 0. The molecule has 0 aliphatic rings. The largest absolute Gasteiger partial charge is 0.480 e. The molecule has 2 aromatic carbocycles. The van der Waals surface area contributed by atoms with Crippen LogP contribution in [0.15, 0.2) is 73.1 Å². The number of rotatable bonds is 12. The smallest absolute Gasteiger partial charge is 0.450 e. The second kappa shape index (κ2) is 13.8. The average molecular weight is 595 g/mol. The van der Waals surface area contributed by atoms with Gasteiger partial charge in [0.15, 0.2) is 11.9 Å². The first-order chi connectivity index (χ1) is 18.8. The average Bonchev–Trinajstić information content (AvgIpc) is 2.89. The molecule has 3 atom stereocenters. The maximum Gasteiger partial charge on any atom is 0.450 e. The molecule has 0 saturated carbocycles. The lowest BCUT2D eigenvalue weighted by Crippen LogP contribution is -2.45. The lowest BCUT2D eigenvalue weighted by atomic mass is 9.84. The number of ketones is 2. The number of Topliss-reactive ketones (excluding diaryl/α,β-unsaturated/α-hetero) is 2. The summed E-state index contributed by atoms with van der Waals surface area (Å²) in [6.45, 7) is 2.87. The highest BCUT2D eigenvalue weighted by atomic mass is 35.5. The first kappa shape index (κ1) is 31.1. The van der Waals surface area contributed by atoms with Crippen molar-refractivity contribution in [3.63, 3.8) is 0 Å². The van der Waals surface area contributed by atoms with Crippen LogP contribution in [0.5, 0.6) is 5.75 Å². The van der Waals surface area contributed by atoms with E-state index in [2.05, 4.69) is 10.3 Å². The number of carbonyl (C=O) groups excluding carboxylic acids is 3. The predicted molar refractivity (Wildman–Crippen MR) is 145 cm³/mol. The van der Waals surface area contributed by atoms with Crippen molar-refractivity contribution in [2.45, 2.75) is 45.0 Å². The van der Waals surface area contributed by atoms with Gasteiger partial charge in [0.05, 0.1) is 0 Å². The molecule has 0 radical (unpaired) electrons. The molecule has 1 amide bonds. The summed E-state index contributed by atoms with van der Waals surface area (Å²) < 4.78 is 45.7. The number of pyridine rings is 1. The fourth-order valence-corrected chi connectivity index (χ4v) is 4.59. The highest BCUT2D eigenvalue weighted by Crippen LogP contribution is 2.30. The zero-order valence-corrected chi connectivity index (χ0v) is 23.1. The Bertz CT molecular complexity index is 1300. The van der Waals surface area contributed by atoms with E-state index >= 15 is 0 Å². The molecule has 6 nitrogen and oxygen atoms in total. The Morgan fingerprint density at radius 1 is 0.975 bits per heavy atom. The summed E-state index contributed by atoms with van der Waals surface area (Å²) in [6, 6.07) is 14.6. The number of carbonyl (C=O) groups is 3. The number of nitrogens with zero attached hydrogens (tertiary/aromatic N) is 1. The third-order valence-corrected chi connectivity index (χ3v) is 6.57. The van der Waals surface area contributed by atoms with E-state index in [0.717, 1.165) is 0 Å². The molecule has 1 aromatic heterocycles. The van der Waals surface area contributed by atoms with Gasteiger partial charge in [-0.1, -0.05) is 73.4 Å². The first-order valence-electron chi connectivity index (χ1n) is 12.4. The highest BCUT2D eigenvalue weighted by molar-refractivity contribution is 6.34. The van der Waals surface area contributed by atoms with E-state index in [4.69, 9.17) is 27.9 Å². The molecule has 0 unspecified atom stereocenters. The first-order valence-corrected chi connectivity index (χ1v) is 13.1. The standard InChI is InChI=1S/C29H27Cl2F3N2O4/c1-17(2)23(27(38)29(32,33)34)15-24(37)26(19-8-4-3-5-9-19)36-28(39)25(11-18-7-6-10-35-16-18)40-22-13-20(30)12-21(31)14-22/h3-10,12-14,16-17,23,25-26H,11,15H2,1-2H3,(H,36,39)/t23-,25-,26-/m0/s1. The van der Waals surface area contributed by atoms with Crippen LogP contribution in [-0.2, 0) is 20.8 Å². The van der Waals surface area contributed by atoms with Crippen molar-refractivity contribution in [3.8, 4) is 5.75 Å². The molecule has 3 aromatic rings. The highest BCUT2D eigenvalue weighted by Gasteiger charge is 2.45. The molecular formula is C29H27Cl2F3N2O4. The number of nitrogens with one attached hydrogen (secondary N) is 1. The number of hydrogen-bond acceptors (Lipinski definition) is 5. The molecule has 0 bridgehead atoms. The number of amides is 1. The Labute approximate surface area is 239 Å². The molecule has 3 rings (SSSR count). The van der Waals surface area contributed by atoms with Crippen LogP contribution in [-0.4, -0.2) is 34.7 Å². The summed E-state index contributed by atoms with van der Waals surface area (Å²) in [5.74, 6) is -5.62. The Morgan fingerprint density at radius 3 is 2.17 bits per heavy atom. The van der Waals surface area contributed by atoms with Crippen LogP contribution in [0.1, 0.15) is 37.4 Å². The number of alkyl halides is 3. The van der Waals surface area contributed by atoms with Gasteiger partial charge in [-0.25, -0.2) is 0 Å². The second-order valence-electron chi connectivity index (χ2n) is 9.51. The number of aromatic nitrogens is 1. The Kier molecular flexibility index (Phi) is 10.7. The Morgan fingerprint density at radius 2 is 1.62 bits per heavy atom. The van der Waals surface area contributed by atoms with Crippen LogP contribution in [0.3, 0.4) is 0 Å². The van der Waals surface area contributed by atoms with Gasteiger partial charge >= 0.3 is 6.18 Å². The summed E-state index contributed by atoms with van der Waals surface area (Å²) >= 11 is 12.2. The van der Waals surface area contributed by atoms with E-state index in [1.165, 1.54) is 32.0 Å². The minimum atomic E-state index is -5.10. The van der Waals surface area contributed by atoms with E-state index < -0.39 is 54.1 Å². The van der Waals surface area contributed by atoms with E-state index in [9.17, 15) is 27.6 Å². The van der Waals surface area contributed by atoms with Gasteiger partial charge in [0, 0.05) is 41.2 Å². The van der Waals surface area contributed by atoms with E-state index in [-0.39, 0.29) is 22.2 Å². The van der Waals surface area contributed by atoms with Gasteiger partial charge in [-0.2, -0.15) is 13.2 Å². The maximum absolute atomic E-state index is 13.6. The fraction of sp³-hybridized carbons (Fsp3) is 0.310. The number of halogens is 5. The van der Waals surface area contributed by atoms with Crippen LogP contribution in [0.25, 0.3) is 0 Å². The van der Waals surface area contributed by atoms with Crippen molar-refractivity contribution < 1.29 is 32.3 Å². The summed E-state index contributed by atoms with van der Waals surface area (Å²) in [5.41, 5.74) is 0.989. The van der Waals surface area contributed by atoms with Crippen LogP contribution in [0, 0.1) is 11.8 Å². The molecule has 0 saturated heterocycles. The Balaban J connectivity index is 1.92. The van der Waals surface area contributed by atoms with Gasteiger partial charge in [-0.05, 0) is 41.3 Å². The maximum atomic E-state index is 13.6. The van der Waals surface area contributed by atoms with E-state index in [0.29, 0.717) is 11.1 Å². The lowest BCUT2D eigenvalue weighted by Gasteiger charge is -2.26. The molecule has 1 N–H and O–H groups in total. The second-order valence-corrected chi connectivity index (χ2v) is 10.4. The lowest BCUT2D eigenvalue weighted by molar-refractivity contribution is -0.177. The van der Waals surface area contributed by atoms with Crippen LogP contribution in [0.4, 0.5) is 13.2 Å². The van der Waals surface area contributed by atoms with Crippen LogP contribution >= 0.6 is 23.2 Å². The number of benzene rings is 2. The van der Waals surface area contributed by atoms with Gasteiger partial charge in [-0.3, -0.25) is 19.4 Å². The number of hydrogen-bond donors (Lipinski definition) is 1. The minimum absolute atomic E-state index is 0.0423. The van der Waals surface area contributed by atoms with Crippen LogP contribution < -0.4 is 10.1 Å². The van der Waals surface area contributed by atoms with Crippen molar-refractivity contribution in [2.24, 2.45) is 11.8 Å². The number of ether oxygens (including phenoxy) is 1.